The van der Waals surface area contributed by atoms with Crippen LogP contribution in [0.5, 0.6) is 11.6 Å². The van der Waals surface area contributed by atoms with E-state index in [4.69, 9.17) is 9.47 Å². The number of hydrogen-bond acceptors (Lipinski definition) is 5. The summed E-state index contributed by atoms with van der Waals surface area (Å²) in [6.07, 6.45) is 0. The summed E-state index contributed by atoms with van der Waals surface area (Å²) in [6.45, 7) is 0.455. The van der Waals surface area contributed by atoms with Gasteiger partial charge in [-0.1, -0.05) is 22.0 Å². The van der Waals surface area contributed by atoms with Crippen molar-refractivity contribution >= 4 is 32.5 Å². The third-order valence-electron chi connectivity index (χ3n) is 4.16. The summed E-state index contributed by atoms with van der Waals surface area (Å²) in [7, 11) is 0. The van der Waals surface area contributed by atoms with E-state index in [0.29, 0.717) is 32.3 Å². The molecule has 1 aliphatic rings. The fraction of sp³-hybridized carbons (Fsp3) is 0.176. The molecule has 0 unspecified atom stereocenters. The van der Waals surface area contributed by atoms with Gasteiger partial charge in [-0.05, 0) is 29.4 Å². The van der Waals surface area contributed by atoms with E-state index in [2.05, 4.69) is 21.1 Å². The molecule has 0 radical (unpaired) electrons. The standard InChI is InChI=1S/C17H12BrFN2O4/c18-12-2-1-3-13-14(12)15(20-23)17(22)21(13)6-9-4-11(19)5-10-7-24-8-25-16(9)10/h1-5,22H,6-8H2. The van der Waals surface area contributed by atoms with E-state index < -0.39 is 5.82 Å². The van der Waals surface area contributed by atoms with Crippen molar-refractivity contribution in [3.8, 4) is 11.6 Å². The predicted octanol–water partition coefficient (Wildman–Crippen LogP) is 4.56. The van der Waals surface area contributed by atoms with Gasteiger partial charge in [-0.2, -0.15) is 0 Å². The molecular weight excluding hydrogens is 395 g/mol. The first-order chi connectivity index (χ1) is 12.1. The van der Waals surface area contributed by atoms with Crippen LogP contribution in [0.2, 0.25) is 0 Å². The number of fused-ring (bicyclic) bond motifs is 2. The highest BCUT2D eigenvalue weighted by Crippen LogP contribution is 2.43. The Morgan fingerprint density at radius 3 is 3.00 bits per heavy atom. The van der Waals surface area contributed by atoms with Gasteiger partial charge in [0.15, 0.2) is 12.5 Å². The summed E-state index contributed by atoms with van der Waals surface area (Å²) in [5.41, 5.74) is 1.69. The molecule has 0 atom stereocenters. The first-order valence-electron chi connectivity index (χ1n) is 7.45. The number of aromatic hydroxyl groups is 1. The average Bonchev–Trinajstić information content (AvgIpc) is 2.88. The number of ether oxygens (including phenoxy) is 2. The molecule has 0 saturated carbocycles. The monoisotopic (exact) mass is 406 g/mol. The molecule has 0 aliphatic carbocycles. The summed E-state index contributed by atoms with van der Waals surface area (Å²) >= 11 is 3.37. The van der Waals surface area contributed by atoms with Crippen LogP contribution in [0.1, 0.15) is 11.1 Å². The third-order valence-corrected chi connectivity index (χ3v) is 4.82. The minimum atomic E-state index is -0.422. The Morgan fingerprint density at radius 1 is 1.36 bits per heavy atom. The molecule has 0 fully saturated rings. The number of benzene rings is 2. The molecule has 0 spiro atoms. The Bertz CT molecular complexity index is 1000. The van der Waals surface area contributed by atoms with Crippen molar-refractivity contribution in [1.29, 1.82) is 0 Å². The SMILES string of the molecule is O=Nc1c(O)n(Cc2cc(F)cc3c2OCOC3)c2cccc(Br)c12. The van der Waals surface area contributed by atoms with Crippen LogP contribution in [0.25, 0.3) is 10.9 Å². The van der Waals surface area contributed by atoms with E-state index in [0.717, 1.165) is 0 Å². The van der Waals surface area contributed by atoms with Gasteiger partial charge >= 0.3 is 0 Å². The lowest BCUT2D eigenvalue weighted by molar-refractivity contribution is -0.0173. The quantitative estimate of drug-likeness (QED) is 0.646. The number of rotatable bonds is 3. The Labute approximate surface area is 149 Å². The molecular formula is C17H12BrFN2O4. The van der Waals surface area contributed by atoms with Gasteiger partial charge in [0.1, 0.15) is 11.6 Å². The van der Waals surface area contributed by atoms with Crippen LogP contribution in [0, 0.1) is 10.7 Å². The van der Waals surface area contributed by atoms with Gasteiger partial charge in [0.05, 0.1) is 18.7 Å². The summed E-state index contributed by atoms with van der Waals surface area (Å²) < 4.78 is 26.8. The van der Waals surface area contributed by atoms with Crippen molar-refractivity contribution < 1.29 is 19.0 Å². The second-order valence-corrected chi connectivity index (χ2v) is 6.50. The maximum Gasteiger partial charge on any atom is 0.222 e. The lowest BCUT2D eigenvalue weighted by atomic mass is 10.1. The van der Waals surface area contributed by atoms with Gasteiger partial charge < -0.3 is 19.1 Å². The average molecular weight is 407 g/mol. The molecule has 8 heteroatoms. The number of hydrogen-bond donors (Lipinski definition) is 1. The van der Waals surface area contributed by atoms with E-state index in [1.165, 1.54) is 16.7 Å². The number of halogens is 2. The van der Waals surface area contributed by atoms with Crippen LogP contribution in [0.15, 0.2) is 40.0 Å². The van der Waals surface area contributed by atoms with Crippen LogP contribution in [0.3, 0.4) is 0 Å². The predicted molar refractivity (Wildman–Crippen MR) is 92.5 cm³/mol. The molecule has 4 rings (SSSR count). The van der Waals surface area contributed by atoms with Gasteiger partial charge in [-0.25, -0.2) is 4.39 Å². The molecule has 25 heavy (non-hydrogen) atoms. The fourth-order valence-electron chi connectivity index (χ4n) is 3.12. The van der Waals surface area contributed by atoms with Crippen molar-refractivity contribution in [2.45, 2.75) is 13.2 Å². The lowest BCUT2D eigenvalue weighted by Gasteiger charge is -2.21. The van der Waals surface area contributed by atoms with Gasteiger partial charge in [0.2, 0.25) is 5.88 Å². The van der Waals surface area contributed by atoms with E-state index in [1.54, 1.807) is 18.2 Å². The zero-order valence-corrected chi connectivity index (χ0v) is 14.4. The molecule has 1 N–H and O–H groups in total. The zero-order valence-electron chi connectivity index (χ0n) is 12.8. The van der Waals surface area contributed by atoms with Crippen LogP contribution in [-0.2, 0) is 17.9 Å². The minimum absolute atomic E-state index is 0.0583. The molecule has 2 heterocycles. The van der Waals surface area contributed by atoms with Crippen LogP contribution >= 0.6 is 15.9 Å². The first kappa shape index (κ1) is 16.0. The maximum atomic E-state index is 13.9. The first-order valence-corrected chi connectivity index (χ1v) is 8.24. The van der Waals surface area contributed by atoms with E-state index in [1.807, 2.05) is 0 Å². The van der Waals surface area contributed by atoms with Crippen LogP contribution in [-0.4, -0.2) is 16.5 Å². The van der Waals surface area contributed by atoms with Gasteiger partial charge in [0, 0.05) is 21.0 Å². The Morgan fingerprint density at radius 2 is 2.20 bits per heavy atom. The topological polar surface area (TPSA) is 73.0 Å². The van der Waals surface area contributed by atoms with Gasteiger partial charge in [0.25, 0.3) is 0 Å². The second kappa shape index (κ2) is 6.12. The zero-order chi connectivity index (χ0) is 17.6. The summed E-state index contributed by atoms with van der Waals surface area (Å²) in [5.74, 6) is -0.166. The number of nitrogens with zero attached hydrogens (tertiary/aromatic N) is 2. The van der Waals surface area contributed by atoms with Gasteiger partial charge in [-0.15, -0.1) is 4.91 Å². The smallest absolute Gasteiger partial charge is 0.222 e. The largest absolute Gasteiger partial charge is 0.493 e. The second-order valence-electron chi connectivity index (χ2n) is 5.65. The molecule has 2 aromatic carbocycles. The van der Waals surface area contributed by atoms with Crippen LogP contribution in [0.4, 0.5) is 10.1 Å². The van der Waals surface area contributed by atoms with Crippen molar-refractivity contribution in [2.75, 3.05) is 6.79 Å². The van der Waals surface area contributed by atoms with Crippen molar-refractivity contribution in [1.82, 2.24) is 4.57 Å². The molecule has 0 amide bonds. The van der Waals surface area contributed by atoms with Crippen LogP contribution < -0.4 is 4.74 Å². The van der Waals surface area contributed by atoms with E-state index in [9.17, 15) is 14.4 Å². The van der Waals surface area contributed by atoms with E-state index in [-0.39, 0.29) is 31.5 Å². The third kappa shape index (κ3) is 2.58. The summed E-state index contributed by atoms with van der Waals surface area (Å²) in [4.78, 5) is 11.2. The summed E-state index contributed by atoms with van der Waals surface area (Å²) in [5, 5.41) is 13.9. The molecule has 3 aromatic rings. The highest BCUT2D eigenvalue weighted by molar-refractivity contribution is 9.10. The molecule has 0 bridgehead atoms. The molecule has 128 valence electrons. The van der Waals surface area contributed by atoms with Crippen molar-refractivity contribution in [3.05, 3.63) is 56.7 Å². The Kier molecular flexibility index (Phi) is 3.93. The highest BCUT2D eigenvalue weighted by atomic mass is 79.9. The lowest BCUT2D eigenvalue weighted by Crippen LogP contribution is -2.14. The Hall–Kier alpha value is -2.45. The van der Waals surface area contributed by atoms with Crippen molar-refractivity contribution in [3.63, 3.8) is 0 Å². The normalized spacial score (nSPS) is 13.5. The number of nitroso groups, excluding NO2 is 1. The van der Waals surface area contributed by atoms with Gasteiger partial charge in [-0.3, -0.25) is 0 Å². The molecule has 0 saturated heterocycles. The summed E-state index contributed by atoms with van der Waals surface area (Å²) in [6, 6.07) is 8.00. The van der Waals surface area contributed by atoms with E-state index >= 15 is 0 Å². The minimum Gasteiger partial charge on any atom is -0.493 e. The molecule has 6 nitrogen and oxygen atoms in total. The molecule has 1 aliphatic heterocycles. The fourth-order valence-corrected chi connectivity index (χ4v) is 3.66. The Balaban J connectivity index is 1.90. The number of aromatic nitrogens is 1. The van der Waals surface area contributed by atoms with Crippen molar-refractivity contribution in [2.24, 2.45) is 5.18 Å². The molecule has 1 aromatic heterocycles. The highest BCUT2D eigenvalue weighted by Gasteiger charge is 2.23. The maximum absolute atomic E-state index is 13.9.